The first-order chi connectivity index (χ1) is 11.6. The van der Waals surface area contributed by atoms with Crippen molar-refractivity contribution in [3.05, 3.63) is 41.7 Å². The second-order valence-corrected chi connectivity index (χ2v) is 6.33. The summed E-state index contributed by atoms with van der Waals surface area (Å²) in [5.41, 5.74) is 4.37. The van der Waals surface area contributed by atoms with Gasteiger partial charge in [0.15, 0.2) is 0 Å². The molecular formula is C18H21N3O2S. The lowest BCUT2D eigenvalue weighted by atomic mass is 10.2. The minimum atomic E-state index is -0.134. The van der Waals surface area contributed by atoms with Gasteiger partial charge in [-0.25, -0.2) is 0 Å². The number of thiocarbonyl (C=S) groups is 1. The van der Waals surface area contributed by atoms with Gasteiger partial charge < -0.3 is 19.9 Å². The average Bonchev–Trinajstić information content (AvgIpc) is 3.30. The van der Waals surface area contributed by atoms with Crippen LogP contribution in [-0.4, -0.2) is 30.0 Å². The van der Waals surface area contributed by atoms with E-state index in [0.29, 0.717) is 17.3 Å². The number of hydrogen-bond acceptors (Lipinski definition) is 3. The van der Waals surface area contributed by atoms with Crippen molar-refractivity contribution in [2.75, 3.05) is 23.9 Å². The zero-order chi connectivity index (χ0) is 17.1. The van der Waals surface area contributed by atoms with Crippen molar-refractivity contribution < 1.29 is 9.53 Å². The van der Waals surface area contributed by atoms with Crippen LogP contribution >= 0.6 is 12.2 Å². The Morgan fingerprint density at radius 2 is 2.25 bits per heavy atom. The fraction of sp³-hybridized carbons (Fsp3) is 0.333. The Morgan fingerprint density at radius 1 is 1.46 bits per heavy atom. The standard InChI is InChI=1S/C18H21N3O2S/c1-12-9-14(5-6-16(12)23-10-13-3-4-13)21(2)18(22)17-15(20-11-24)7-8-19-17/h5-9,11,13,19H,3-4,10H2,1-2H3,(H,20,24). The third kappa shape index (κ3) is 3.59. The van der Waals surface area contributed by atoms with Crippen molar-refractivity contribution in [1.82, 2.24) is 4.98 Å². The van der Waals surface area contributed by atoms with Crippen LogP contribution in [0.4, 0.5) is 11.4 Å². The highest BCUT2D eigenvalue weighted by Gasteiger charge is 2.22. The summed E-state index contributed by atoms with van der Waals surface area (Å²) < 4.78 is 5.84. The summed E-state index contributed by atoms with van der Waals surface area (Å²) in [4.78, 5) is 17.3. The third-order valence-electron chi connectivity index (χ3n) is 4.20. The Morgan fingerprint density at radius 3 is 2.92 bits per heavy atom. The normalized spacial score (nSPS) is 13.4. The second-order valence-electron chi connectivity index (χ2n) is 6.10. The molecule has 6 heteroatoms. The number of aryl methyl sites for hydroxylation is 1. The first-order valence-corrected chi connectivity index (χ1v) is 8.46. The number of nitrogens with zero attached hydrogens (tertiary/aromatic N) is 1. The molecule has 126 valence electrons. The van der Waals surface area contributed by atoms with Crippen molar-refractivity contribution in [1.29, 1.82) is 0 Å². The summed E-state index contributed by atoms with van der Waals surface area (Å²) in [6.45, 7) is 2.78. The van der Waals surface area contributed by atoms with Crippen molar-refractivity contribution in [2.45, 2.75) is 19.8 Å². The largest absolute Gasteiger partial charge is 0.493 e. The number of amides is 1. The average molecular weight is 343 g/mol. The monoisotopic (exact) mass is 343 g/mol. The molecule has 1 aliphatic carbocycles. The summed E-state index contributed by atoms with van der Waals surface area (Å²) in [6, 6.07) is 7.59. The van der Waals surface area contributed by atoms with Crippen LogP contribution in [0, 0.1) is 12.8 Å². The van der Waals surface area contributed by atoms with E-state index in [1.807, 2.05) is 25.1 Å². The molecule has 1 aromatic carbocycles. The second kappa shape index (κ2) is 7.05. The van der Waals surface area contributed by atoms with Gasteiger partial charge in [0.05, 0.1) is 17.8 Å². The van der Waals surface area contributed by atoms with Crippen molar-refractivity contribution in [3.8, 4) is 5.75 Å². The number of carbonyl (C=O) groups is 1. The summed E-state index contributed by atoms with van der Waals surface area (Å²) in [5, 5.41) is 2.89. The number of carbonyl (C=O) groups excluding carboxylic acids is 1. The van der Waals surface area contributed by atoms with Crippen LogP contribution < -0.4 is 15.0 Å². The van der Waals surface area contributed by atoms with E-state index in [1.165, 1.54) is 18.3 Å². The molecule has 0 aliphatic heterocycles. The Kier molecular flexibility index (Phi) is 4.85. The smallest absolute Gasteiger partial charge is 0.276 e. The number of aromatic nitrogens is 1. The van der Waals surface area contributed by atoms with Crippen molar-refractivity contribution in [3.63, 3.8) is 0 Å². The Balaban J connectivity index is 1.74. The molecular weight excluding hydrogens is 322 g/mol. The van der Waals surface area contributed by atoms with E-state index in [2.05, 4.69) is 10.3 Å². The lowest BCUT2D eigenvalue weighted by Gasteiger charge is -2.19. The van der Waals surface area contributed by atoms with Gasteiger partial charge in [0, 0.05) is 18.9 Å². The summed E-state index contributed by atoms with van der Waals surface area (Å²) in [6.07, 6.45) is 4.24. The van der Waals surface area contributed by atoms with Gasteiger partial charge in [0.2, 0.25) is 0 Å². The van der Waals surface area contributed by atoms with Crippen LogP contribution in [0.15, 0.2) is 30.5 Å². The molecule has 0 spiro atoms. The minimum absolute atomic E-state index is 0.134. The van der Waals surface area contributed by atoms with Crippen molar-refractivity contribution >= 4 is 35.0 Å². The number of rotatable bonds is 7. The molecule has 1 aliphatic rings. The van der Waals surface area contributed by atoms with Gasteiger partial charge in [-0.1, -0.05) is 12.2 Å². The van der Waals surface area contributed by atoms with Crippen LogP contribution in [0.25, 0.3) is 0 Å². The van der Waals surface area contributed by atoms with E-state index in [0.717, 1.165) is 23.6 Å². The van der Waals surface area contributed by atoms with E-state index in [1.54, 1.807) is 24.2 Å². The molecule has 0 bridgehead atoms. The van der Waals surface area contributed by atoms with E-state index in [4.69, 9.17) is 17.0 Å². The fourth-order valence-electron chi connectivity index (χ4n) is 2.51. The number of hydrogen-bond donors (Lipinski definition) is 2. The maximum atomic E-state index is 12.7. The molecule has 2 aromatic rings. The first-order valence-electron chi connectivity index (χ1n) is 7.99. The number of nitrogens with one attached hydrogen (secondary N) is 2. The van der Waals surface area contributed by atoms with E-state index in [9.17, 15) is 4.79 Å². The highest BCUT2D eigenvalue weighted by atomic mass is 32.1. The minimum Gasteiger partial charge on any atom is -0.493 e. The van der Waals surface area contributed by atoms with Crippen LogP contribution in [0.2, 0.25) is 0 Å². The van der Waals surface area contributed by atoms with Gasteiger partial charge in [-0.2, -0.15) is 0 Å². The molecule has 24 heavy (non-hydrogen) atoms. The van der Waals surface area contributed by atoms with Crippen molar-refractivity contribution in [2.24, 2.45) is 5.92 Å². The maximum Gasteiger partial charge on any atom is 0.276 e. The predicted octanol–water partition coefficient (Wildman–Crippen LogP) is 3.76. The van der Waals surface area contributed by atoms with Gasteiger partial charge in [-0.3, -0.25) is 4.79 Å². The molecule has 0 saturated heterocycles. The molecule has 1 aromatic heterocycles. The Hall–Kier alpha value is -2.34. The van der Waals surface area contributed by atoms with Gasteiger partial charge in [-0.05, 0) is 55.5 Å². The lowest BCUT2D eigenvalue weighted by molar-refractivity contribution is 0.0989. The predicted molar refractivity (Wildman–Crippen MR) is 100 cm³/mol. The third-order valence-corrected chi connectivity index (χ3v) is 4.32. The quantitative estimate of drug-likeness (QED) is 0.752. The highest BCUT2D eigenvalue weighted by molar-refractivity contribution is 7.79. The molecule has 0 atom stereocenters. The number of aromatic amines is 1. The Labute approximate surface area is 147 Å². The number of H-pyrrole nitrogens is 1. The number of anilines is 2. The molecule has 1 fully saturated rings. The summed E-state index contributed by atoms with van der Waals surface area (Å²) in [5.74, 6) is 1.47. The van der Waals surface area contributed by atoms with E-state index in [-0.39, 0.29) is 5.91 Å². The topological polar surface area (TPSA) is 57.4 Å². The van der Waals surface area contributed by atoms with Crippen LogP contribution in [0.5, 0.6) is 5.75 Å². The molecule has 1 heterocycles. The molecule has 0 unspecified atom stereocenters. The van der Waals surface area contributed by atoms with E-state index >= 15 is 0 Å². The summed E-state index contributed by atoms with van der Waals surface area (Å²) in [7, 11) is 1.75. The first kappa shape index (κ1) is 16.5. The molecule has 1 amide bonds. The SMILES string of the molecule is Cc1cc(N(C)C(=O)c2[nH]ccc2NC=S)ccc1OCC1CC1. The molecule has 2 N–H and O–H groups in total. The zero-order valence-electron chi connectivity index (χ0n) is 13.8. The van der Waals surface area contributed by atoms with Gasteiger partial charge in [0.25, 0.3) is 5.91 Å². The molecule has 0 radical (unpaired) electrons. The van der Waals surface area contributed by atoms with Gasteiger partial charge in [0.1, 0.15) is 11.4 Å². The van der Waals surface area contributed by atoms with Crippen LogP contribution in [-0.2, 0) is 0 Å². The molecule has 5 nitrogen and oxygen atoms in total. The van der Waals surface area contributed by atoms with E-state index < -0.39 is 0 Å². The fourth-order valence-corrected chi connectivity index (χ4v) is 2.64. The number of ether oxygens (including phenoxy) is 1. The van der Waals surface area contributed by atoms with Crippen LogP contribution in [0.3, 0.4) is 0 Å². The zero-order valence-corrected chi connectivity index (χ0v) is 14.7. The van der Waals surface area contributed by atoms with Crippen LogP contribution in [0.1, 0.15) is 28.9 Å². The molecule has 1 saturated carbocycles. The van der Waals surface area contributed by atoms with Gasteiger partial charge >= 0.3 is 0 Å². The van der Waals surface area contributed by atoms with Gasteiger partial charge in [-0.15, -0.1) is 0 Å². The lowest BCUT2D eigenvalue weighted by Crippen LogP contribution is -2.27. The summed E-state index contributed by atoms with van der Waals surface area (Å²) >= 11 is 4.80. The number of benzene rings is 1. The highest BCUT2D eigenvalue weighted by Crippen LogP contribution is 2.31. The maximum absolute atomic E-state index is 12.7. The Bertz CT molecular complexity index is 752. The molecule has 3 rings (SSSR count).